The van der Waals surface area contributed by atoms with Crippen molar-refractivity contribution in [3.63, 3.8) is 0 Å². The molecule has 0 N–H and O–H groups in total. The van der Waals surface area contributed by atoms with Gasteiger partial charge in [-0.2, -0.15) is 5.26 Å². The number of aryl methyl sites for hydroxylation is 1. The summed E-state index contributed by atoms with van der Waals surface area (Å²) in [6.07, 6.45) is 4.94. The van der Waals surface area contributed by atoms with Crippen LogP contribution in [0.1, 0.15) is 59.9 Å². The lowest BCUT2D eigenvalue weighted by molar-refractivity contribution is 0.218. The topological polar surface area (TPSA) is 54.6 Å². The normalized spacial score (nSPS) is 15.7. The highest BCUT2D eigenvalue weighted by atomic mass is 32.1. The second kappa shape index (κ2) is 10.0. The van der Waals surface area contributed by atoms with Gasteiger partial charge in [-0.05, 0) is 72.4 Å². The molecule has 0 saturated carbocycles. The lowest BCUT2D eigenvalue weighted by Crippen LogP contribution is -2.26. The average molecular weight is 473 g/mol. The monoisotopic (exact) mass is 472 g/mol. The van der Waals surface area contributed by atoms with Gasteiger partial charge < -0.3 is 9.47 Å². The lowest BCUT2D eigenvalue weighted by Gasteiger charge is -2.33. The number of nitriles is 1. The van der Waals surface area contributed by atoms with Crippen molar-refractivity contribution in [1.82, 2.24) is 0 Å². The molecule has 0 radical (unpaired) electrons. The molecule has 1 aromatic heterocycles. The molecule has 0 aliphatic heterocycles. The van der Waals surface area contributed by atoms with Crippen molar-refractivity contribution in [2.24, 2.45) is 16.3 Å². The Labute approximate surface area is 206 Å². The molecule has 4 nitrogen and oxygen atoms in total. The first-order chi connectivity index (χ1) is 16.3. The maximum Gasteiger partial charge on any atom is 0.161 e. The van der Waals surface area contributed by atoms with Gasteiger partial charge in [-0.3, -0.25) is 0 Å². The van der Waals surface area contributed by atoms with E-state index < -0.39 is 0 Å². The van der Waals surface area contributed by atoms with Gasteiger partial charge in [-0.25, -0.2) is 4.99 Å². The van der Waals surface area contributed by atoms with Crippen LogP contribution in [0.25, 0.3) is 0 Å². The van der Waals surface area contributed by atoms with Crippen LogP contribution in [-0.2, 0) is 19.4 Å². The molecule has 1 aliphatic carbocycles. The van der Waals surface area contributed by atoms with Crippen molar-refractivity contribution in [1.29, 1.82) is 5.26 Å². The number of methoxy groups -OCH3 is 1. The largest absolute Gasteiger partial charge is 0.493 e. The molecule has 0 fully saturated rings. The van der Waals surface area contributed by atoms with Gasteiger partial charge in [0, 0.05) is 11.1 Å². The zero-order chi connectivity index (χ0) is 24.3. The van der Waals surface area contributed by atoms with Gasteiger partial charge in [0.1, 0.15) is 17.7 Å². The van der Waals surface area contributed by atoms with Gasteiger partial charge in [0.25, 0.3) is 0 Å². The SMILES string of the molecule is COc1cc(C=Nc2sc3c(c2C#N)CC[C@H](C(C)(C)C)C3)ccc1OCc1ccc(C)cc1. The van der Waals surface area contributed by atoms with Crippen LogP contribution in [0.4, 0.5) is 5.00 Å². The zero-order valence-electron chi connectivity index (χ0n) is 20.6. The number of nitrogens with zero attached hydrogens (tertiary/aromatic N) is 2. The van der Waals surface area contributed by atoms with Crippen molar-refractivity contribution in [2.75, 3.05) is 7.11 Å². The highest BCUT2D eigenvalue weighted by Gasteiger charge is 2.32. The molecule has 0 amide bonds. The summed E-state index contributed by atoms with van der Waals surface area (Å²) < 4.78 is 11.6. The fourth-order valence-electron chi connectivity index (χ4n) is 4.38. The molecule has 0 unspecified atom stereocenters. The standard InChI is InChI=1S/C29H32N2O2S/c1-19-6-8-20(9-7-19)18-33-25-13-10-21(14-26(25)32-5)17-31-28-24(16-30)23-12-11-22(29(2,3)4)15-27(23)34-28/h6-10,13-14,17,22H,11-12,15,18H2,1-5H3/t22-/m0/s1. The van der Waals surface area contributed by atoms with Crippen molar-refractivity contribution in [3.05, 3.63) is 75.2 Å². The summed E-state index contributed by atoms with van der Waals surface area (Å²) in [5.74, 6) is 1.99. The minimum absolute atomic E-state index is 0.276. The molecule has 0 spiro atoms. The van der Waals surface area contributed by atoms with Gasteiger partial charge in [-0.15, -0.1) is 11.3 Å². The predicted octanol–water partition coefficient (Wildman–Crippen LogP) is 7.42. The summed E-state index contributed by atoms with van der Waals surface area (Å²) in [7, 11) is 1.64. The Kier molecular flexibility index (Phi) is 7.09. The third kappa shape index (κ3) is 5.34. The second-order valence-corrected chi connectivity index (χ2v) is 11.1. The average Bonchev–Trinajstić information content (AvgIpc) is 3.18. The van der Waals surface area contributed by atoms with E-state index in [1.807, 2.05) is 24.4 Å². The lowest BCUT2D eigenvalue weighted by atomic mass is 9.72. The Balaban J connectivity index is 1.51. The van der Waals surface area contributed by atoms with E-state index in [2.05, 4.69) is 58.0 Å². The molecule has 34 heavy (non-hydrogen) atoms. The summed E-state index contributed by atoms with van der Waals surface area (Å²) >= 11 is 1.67. The number of ether oxygens (including phenoxy) is 2. The van der Waals surface area contributed by atoms with Gasteiger partial charge in [0.2, 0.25) is 0 Å². The van der Waals surface area contributed by atoms with Crippen LogP contribution in [0.5, 0.6) is 11.5 Å². The highest BCUT2D eigenvalue weighted by Crippen LogP contribution is 2.45. The Morgan fingerprint density at radius 1 is 1.15 bits per heavy atom. The van der Waals surface area contributed by atoms with Gasteiger partial charge in [-0.1, -0.05) is 50.6 Å². The molecular weight excluding hydrogens is 440 g/mol. The van der Waals surface area contributed by atoms with E-state index >= 15 is 0 Å². The number of hydrogen-bond acceptors (Lipinski definition) is 5. The molecule has 1 atom stereocenters. The molecule has 176 valence electrons. The minimum atomic E-state index is 0.276. The number of benzene rings is 2. The zero-order valence-corrected chi connectivity index (χ0v) is 21.5. The molecule has 0 bridgehead atoms. The minimum Gasteiger partial charge on any atom is -0.493 e. The van der Waals surface area contributed by atoms with Crippen LogP contribution in [0.15, 0.2) is 47.5 Å². The molecule has 2 aromatic carbocycles. The van der Waals surface area contributed by atoms with Crippen LogP contribution in [0, 0.1) is 29.6 Å². The van der Waals surface area contributed by atoms with Crippen LogP contribution in [0.3, 0.4) is 0 Å². The quantitative estimate of drug-likeness (QED) is 0.351. The molecule has 3 aromatic rings. The maximum atomic E-state index is 9.82. The van der Waals surface area contributed by atoms with Crippen LogP contribution < -0.4 is 9.47 Å². The fourth-order valence-corrected chi connectivity index (χ4v) is 5.60. The van der Waals surface area contributed by atoms with E-state index in [9.17, 15) is 5.26 Å². The fraction of sp³-hybridized carbons (Fsp3) is 0.379. The Morgan fingerprint density at radius 2 is 1.91 bits per heavy atom. The smallest absolute Gasteiger partial charge is 0.161 e. The second-order valence-electron chi connectivity index (χ2n) is 10.0. The van der Waals surface area contributed by atoms with E-state index in [4.69, 9.17) is 14.5 Å². The van der Waals surface area contributed by atoms with E-state index in [1.54, 1.807) is 18.4 Å². The predicted molar refractivity (Wildman–Crippen MR) is 140 cm³/mol. The van der Waals surface area contributed by atoms with E-state index in [1.165, 1.54) is 16.0 Å². The number of aliphatic imine (C=N–C) groups is 1. The van der Waals surface area contributed by atoms with Crippen molar-refractivity contribution in [3.8, 4) is 17.6 Å². The Morgan fingerprint density at radius 3 is 2.59 bits per heavy atom. The third-order valence-electron chi connectivity index (χ3n) is 6.62. The first-order valence-electron chi connectivity index (χ1n) is 11.7. The third-order valence-corrected chi connectivity index (χ3v) is 7.78. The summed E-state index contributed by atoms with van der Waals surface area (Å²) in [6, 6.07) is 16.5. The first-order valence-corrected chi connectivity index (χ1v) is 12.5. The van der Waals surface area contributed by atoms with E-state index in [-0.39, 0.29) is 5.41 Å². The summed E-state index contributed by atoms with van der Waals surface area (Å²) in [6.45, 7) is 9.47. The molecule has 1 aliphatic rings. The maximum absolute atomic E-state index is 9.82. The Hall–Kier alpha value is -3.10. The molecule has 1 heterocycles. The highest BCUT2D eigenvalue weighted by molar-refractivity contribution is 7.16. The van der Waals surface area contributed by atoms with Crippen molar-refractivity contribution in [2.45, 2.75) is 53.6 Å². The van der Waals surface area contributed by atoms with Crippen LogP contribution in [0.2, 0.25) is 0 Å². The Bertz CT molecular complexity index is 1230. The molecule has 0 saturated heterocycles. The number of thiophene rings is 1. The first kappa shape index (κ1) is 24.0. The summed E-state index contributed by atoms with van der Waals surface area (Å²) in [4.78, 5) is 6.05. The van der Waals surface area contributed by atoms with E-state index in [0.717, 1.165) is 41.0 Å². The van der Waals surface area contributed by atoms with Crippen LogP contribution >= 0.6 is 11.3 Å². The number of rotatable bonds is 6. The summed E-state index contributed by atoms with van der Waals surface area (Å²) in [5, 5.41) is 10.6. The van der Waals surface area contributed by atoms with Gasteiger partial charge in [0.15, 0.2) is 11.5 Å². The number of hydrogen-bond donors (Lipinski definition) is 0. The molecule has 5 heteroatoms. The number of fused-ring (bicyclic) bond motifs is 1. The van der Waals surface area contributed by atoms with Crippen LogP contribution in [-0.4, -0.2) is 13.3 Å². The summed E-state index contributed by atoms with van der Waals surface area (Å²) in [5.41, 5.74) is 5.47. The van der Waals surface area contributed by atoms with Gasteiger partial charge >= 0.3 is 0 Å². The van der Waals surface area contributed by atoms with Crippen molar-refractivity contribution < 1.29 is 9.47 Å². The van der Waals surface area contributed by atoms with E-state index in [0.29, 0.717) is 24.0 Å². The van der Waals surface area contributed by atoms with Gasteiger partial charge in [0.05, 0.1) is 12.7 Å². The molecule has 4 rings (SSSR count). The molecular formula is C29H32N2O2S. The van der Waals surface area contributed by atoms with Crippen molar-refractivity contribution >= 4 is 22.6 Å².